The van der Waals surface area contributed by atoms with Gasteiger partial charge in [0.15, 0.2) is 0 Å². The van der Waals surface area contributed by atoms with Crippen molar-refractivity contribution in [2.24, 2.45) is 0 Å². The van der Waals surface area contributed by atoms with Crippen LogP contribution >= 0.6 is 0 Å². The van der Waals surface area contributed by atoms with E-state index in [1.165, 1.54) is 0 Å². The van der Waals surface area contributed by atoms with E-state index in [0.29, 0.717) is 35.4 Å². The van der Waals surface area contributed by atoms with Gasteiger partial charge in [-0.2, -0.15) is 5.26 Å². The van der Waals surface area contributed by atoms with Crippen molar-refractivity contribution >= 4 is 16.8 Å². The lowest BCUT2D eigenvalue weighted by molar-refractivity contribution is 0.0950. The molecule has 3 aromatic carbocycles. The maximum Gasteiger partial charge on any atom is 0.251 e. The summed E-state index contributed by atoms with van der Waals surface area (Å²) in [6.45, 7) is 3.01. The molecule has 2 aromatic heterocycles. The Bertz CT molecular complexity index is 1720. The van der Waals surface area contributed by atoms with Crippen LogP contribution in [0.4, 0.5) is 0 Å². The van der Waals surface area contributed by atoms with Gasteiger partial charge in [0, 0.05) is 41.8 Å². The molecule has 200 valence electrons. The fourth-order valence-electron chi connectivity index (χ4n) is 5.03. The molecule has 0 unspecified atom stereocenters. The number of carbonyl (C=O) groups excluding carboxylic acids is 1. The largest absolute Gasteiger partial charge is 0.497 e. The molecule has 7 nitrogen and oxygen atoms in total. The van der Waals surface area contributed by atoms with Crippen LogP contribution in [0.25, 0.3) is 22.0 Å². The van der Waals surface area contributed by atoms with Crippen LogP contribution in [-0.2, 0) is 26.1 Å². The molecular formula is C33H30N4O3. The first-order valence-corrected chi connectivity index (χ1v) is 13.2. The Morgan fingerprint density at radius 3 is 2.62 bits per heavy atom. The van der Waals surface area contributed by atoms with Crippen molar-refractivity contribution in [3.05, 3.63) is 119 Å². The number of methoxy groups -OCH3 is 1. The van der Waals surface area contributed by atoms with Gasteiger partial charge in [-0.05, 0) is 83.3 Å². The second-order valence-corrected chi connectivity index (χ2v) is 9.52. The number of nitrogens with zero attached hydrogens (tertiary/aromatic N) is 3. The van der Waals surface area contributed by atoms with Gasteiger partial charge in [0.05, 0.1) is 37.6 Å². The maximum atomic E-state index is 13.2. The second-order valence-electron chi connectivity index (χ2n) is 9.52. The number of fused-ring (bicyclic) bond motifs is 1. The minimum absolute atomic E-state index is 0.172. The third kappa shape index (κ3) is 5.44. The Balaban J connectivity index is 1.57. The first-order chi connectivity index (χ1) is 19.5. The fourth-order valence-corrected chi connectivity index (χ4v) is 5.03. The van der Waals surface area contributed by atoms with Crippen LogP contribution in [0.5, 0.6) is 5.75 Å². The third-order valence-corrected chi connectivity index (χ3v) is 7.12. The van der Waals surface area contributed by atoms with Gasteiger partial charge in [-0.25, -0.2) is 0 Å². The zero-order valence-electron chi connectivity index (χ0n) is 22.5. The van der Waals surface area contributed by atoms with Gasteiger partial charge >= 0.3 is 0 Å². The fraction of sp³-hybridized carbons (Fsp3) is 0.182. The van der Waals surface area contributed by atoms with Crippen molar-refractivity contribution in [1.29, 1.82) is 5.26 Å². The van der Waals surface area contributed by atoms with Crippen LogP contribution < -0.4 is 10.1 Å². The van der Waals surface area contributed by atoms with E-state index in [9.17, 15) is 15.2 Å². The number of hydrogen-bond acceptors (Lipinski definition) is 5. The van der Waals surface area contributed by atoms with E-state index in [1.807, 2.05) is 72.8 Å². The molecule has 40 heavy (non-hydrogen) atoms. The number of hydrogen-bond donors (Lipinski definition) is 2. The molecule has 5 rings (SSSR count). The topological polar surface area (TPSA) is 100 Å². The van der Waals surface area contributed by atoms with Crippen LogP contribution in [0.3, 0.4) is 0 Å². The lowest BCUT2D eigenvalue weighted by Crippen LogP contribution is -2.23. The van der Waals surface area contributed by atoms with Crippen molar-refractivity contribution in [3.63, 3.8) is 0 Å². The van der Waals surface area contributed by atoms with Crippen LogP contribution in [0.2, 0.25) is 0 Å². The van der Waals surface area contributed by atoms with Gasteiger partial charge in [0.2, 0.25) is 0 Å². The van der Waals surface area contributed by atoms with Crippen molar-refractivity contribution in [1.82, 2.24) is 14.9 Å². The number of benzene rings is 3. The molecule has 2 N–H and O–H groups in total. The van der Waals surface area contributed by atoms with Crippen molar-refractivity contribution in [3.8, 4) is 22.9 Å². The van der Waals surface area contributed by atoms with Crippen LogP contribution in [-0.4, -0.2) is 27.7 Å². The first kappa shape index (κ1) is 26.7. The molecule has 0 aliphatic rings. The number of nitriles is 1. The highest BCUT2D eigenvalue weighted by Gasteiger charge is 2.17. The Morgan fingerprint density at radius 2 is 1.90 bits per heavy atom. The molecule has 0 aliphatic heterocycles. The third-order valence-electron chi connectivity index (χ3n) is 7.12. The van der Waals surface area contributed by atoms with E-state index in [0.717, 1.165) is 45.4 Å². The van der Waals surface area contributed by atoms with Crippen molar-refractivity contribution in [2.45, 2.75) is 33.0 Å². The number of aryl methyl sites for hydroxylation is 1. The lowest BCUT2D eigenvalue weighted by atomic mass is 9.90. The van der Waals surface area contributed by atoms with Gasteiger partial charge in [-0.15, -0.1) is 0 Å². The van der Waals surface area contributed by atoms with Crippen molar-refractivity contribution < 1.29 is 14.6 Å². The highest BCUT2D eigenvalue weighted by atomic mass is 16.5. The summed E-state index contributed by atoms with van der Waals surface area (Å²) in [7, 11) is 1.59. The van der Waals surface area contributed by atoms with E-state index in [2.05, 4.69) is 34.1 Å². The highest BCUT2D eigenvalue weighted by molar-refractivity contribution is 5.96. The number of nitrogens with one attached hydrogen (secondary N) is 1. The average molecular weight is 531 g/mol. The zero-order valence-corrected chi connectivity index (χ0v) is 22.5. The molecule has 0 atom stereocenters. The predicted octanol–water partition coefficient (Wildman–Crippen LogP) is 5.62. The summed E-state index contributed by atoms with van der Waals surface area (Å²) in [6.07, 6.45) is 4.44. The monoisotopic (exact) mass is 530 g/mol. The molecular weight excluding hydrogens is 500 g/mol. The minimum Gasteiger partial charge on any atom is -0.497 e. The minimum atomic E-state index is -0.205. The van der Waals surface area contributed by atoms with Gasteiger partial charge < -0.3 is 19.7 Å². The Morgan fingerprint density at radius 1 is 1.02 bits per heavy atom. The van der Waals surface area contributed by atoms with E-state index < -0.39 is 0 Å². The molecule has 0 radical (unpaired) electrons. The second kappa shape index (κ2) is 11.9. The van der Waals surface area contributed by atoms with Gasteiger partial charge in [0.1, 0.15) is 5.75 Å². The van der Waals surface area contributed by atoms with Crippen LogP contribution in [0.1, 0.15) is 45.2 Å². The highest BCUT2D eigenvalue weighted by Crippen LogP contribution is 2.34. The molecule has 0 spiro atoms. The van der Waals surface area contributed by atoms with E-state index in [-0.39, 0.29) is 12.5 Å². The molecule has 0 saturated carbocycles. The number of amides is 1. The van der Waals surface area contributed by atoms with Gasteiger partial charge in [0.25, 0.3) is 5.91 Å². The predicted molar refractivity (Wildman–Crippen MR) is 155 cm³/mol. The Kier molecular flexibility index (Phi) is 7.90. The summed E-state index contributed by atoms with van der Waals surface area (Å²) in [6, 6.07) is 24.9. The first-order valence-electron chi connectivity index (χ1n) is 13.2. The van der Waals surface area contributed by atoms with E-state index >= 15 is 0 Å². The molecule has 5 aromatic rings. The lowest BCUT2D eigenvalue weighted by Gasteiger charge is -2.16. The maximum absolute atomic E-state index is 13.2. The smallest absolute Gasteiger partial charge is 0.251 e. The van der Waals surface area contributed by atoms with Gasteiger partial charge in [-0.3, -0.25) is 9.78 Å². The average Bonchev–Trinajstić information content (AvgIpc) is 3.36. The zero-order chi connectivity index (χ0) is 28.1. The Labute approximate surface area is 233 Å². The summed E-state index contributed by atoms with van der Waals surface area (Å²) in [5.41, 5.74) is 7.48. The summed E-state index contributed by atoms with van der Waals surface area (Å²) in [5.74, 6) is 0.446. The number of carbonyl (C=O) groups is 1. The summed E-state index contributed by atoms with van der Waals surface area (Å²) in [5, 5.41) is 23.7. The summed E-state index contributed by atoms with van der Waals surface area (Å²) in [4.78, 5) is 17.4. The summed E-state index contributed by atoms with van der Waals surface area (Å²) >= 11 is 0. The standard InChI is InChI=1S/C33H30N4O3/c1-3-37-20-25(30-11-7-22(18-34)14-32(30)37)15-23-8-9-24(33(39)36-19-27-6-4-5-13-35-27)17-31(23)29-12-10-28(40-2)16-26(29)21-38/h4-14,16-17,20,38H,3,15,19,21H2,1-2H3,(H,36,39). The Hall–Kier alpha value is -4.93. The molecule has 0 saturated heterocycles. The van der Waals surface area contributed by atoms with Crippen LogP contribution in [0.15, 0.2) is 85.2 Å². The normalized spacial score (nSPS) is 10.8. The molecule has 7 heteroatoms. The quantitative estimate of drug-likeness (QED) is 0.258. The molecule has 0 aliphatic carbocycles. The van der Waals surface area contributed by atoms with E-state index in [4.69, 9.17) is 4.74 Å². The number of aliphatic hydroxyl groups excluding tert-OH is 1. The molecule has 2 heterocycles. The number of rotatable bonds is 9. The molecule has 0 fully saturated rings. The number of aliphatic hydroxyl groups is 1. The van der Waals surface area contributed by atoms with Gasteiger partial charge in [-0.1, -0.05) is 24.3 Å². The van der Waals surface area contributed by atoms with Crippen molar-refractivity contribution in [2.75, 3.05) is 7.11 Å². The number of pyridine rings is 1. The summed E-state index contributed by atoms with van der Waals surface area (Å²) < 4.78 is 7.53. The molecule has 1 amide bonds. The van der Waals surface area contributed by atoms with E-state index in [1.54, 1.807) is 13.3 Å². The SMILES string of the molecule is CCn1cc(Cc2ccc(C(=O)NCc3ccccn3)cc2-c2ccc(OC)cc2CO)c2ccc(C#N)cc21. The number of ether oxygens (including phenoxy) is 1. The number of aromatic nitrogens is 2. The van der Waals surface area contributed by atoms with Crippen LogP contribution in [0, 0.1) is 11.3 Å². The molecule has 0 bridgehead atoms.